The lowest BCUT2D eigenvalue weighted by Crippen LogP contribution is -2.09. The lowest BCUT2D eigenvalue weighted by atomic mass is 10.1. The molecule has 0 amide bonds. The van der Waals surface area contributed by atoms with E-state index in [2.05, 4.69) is 10.3 Å². The molecule has 1 aromatic carbocycles. The van der Waals surface area contributed by atoms with Crippen molar-refractivity contribution in [3.05, 3.63) is 23.5 Å². The number of nitrogens with zero attached hydrogens (tertiary/aromatic N) is 3. The van der Waals surface area contributed by atoms with Gasteiger partial charge in [-0.05, 0) is 26.0 Å². The molecule has 1 heterocycles. The van der Waals surface area contributed by atoms with Gasteiger partial charge in [-0.1, -0.05) is 5.21 Å². The molecule has 0 saturated heterocycles. The Balaban J connectivity index is 2.88. The molecule has 0 aliphatic heterocycles. The van der Waals surface area contributed by atoms with Crippen molar-refractivity contribution in [2.75, 3.05) is 0 Å². The molecule has 5 nitrogen and oxygen atoms in total. The summed E-state index contributed by atoms with van der Waals surface area (Å²) in [6.07, 6.45) is 0. The van der Waals surface area contributed by atoms with Gasteiger partial charge in [0, 0.05) is 6.04 Å². The third kappa shape index (κ3) is 1.42. The fourth-order valence-electron chi connectivity index (χ4n) is 1.57. The summed E-state index contributed by atoms with van der Waals surface area (Å²) in [6, 6.07) is 2.43. The maximum absolute atomic E-state index is 13.4. The summed E-state index contributed by atoms with van der Waals surface area (Å²) in [6.45, 7) is 3.65. The molecule has 0 bridgehead atoms. The molecule has 6 heteroatoms. The minimum Gasteiger partial charge on any atom is -0.478 e. The van der Waals surface area contributed by atoms with Crippen molar-refractivity contribution in [2.24, 2.45) is 0 Å². The summed E-state index contributed by atoms with van der Waals surface area (Å²) in [7, 11) is 0. The highest BCUT2D eigenvalue weighted by atomic mass is 19.1. The third-order valence-electron chi connectivity index (χ3n) is 2.29. The van der Waals surface area contributed by atoms with Gasteiger partial charge in [-0.25, -0.2) is 13.9 Å². The van der Waals surface area contributed by atoms with Crippen molar-refractivity contribution in [2.45, 2.75) is 19.9 Å². The topological polar surface area (TPSA) is 68.0 Å². The average molecular weight is 223 g/mol. The molecule has 2 rings (SSSR count). The molecule has 16 heavy (non-hydrogen) atoms. The van der Waals surface area contributed by atoms with E-state index in [1.807, 2.05) is 13.8 Å². The van der Waals surface area contributed by atoms with Gasteiger partial charge < -0.3 is 5.11 Å². The van der Waals surface area contributed by atoms with Crippen LogP contribution in [0.3, 0.4) is 0 Å². The third-order valence-corrected chi connectivity index (χ3v) is 2.29. The maximum Gasteiger partial charge on any atom is 0.340 e. The summed E-state index contributed by atoms with van der Waals surface area (Å²) < 4.78 is 14.8. The first-order chi connectivity index (χ1) is 7.52. The molecule has 0 saturated carbocycles. The molecule has 0 radical (unpaired) electrons. The van der Waals surface area contributed by atoms with Gasteiger partial charge in [0.15, 0.2) is 0 Å². The zero-order valence-corrected chi connectivity index (χ0v) is 8.81. The van der Waals surface area contributed by atoms with Crippen molar-refractivity contribution in [3.8, 4) is 0 Å². The highest BCUT2D eigenvalue weighted by Gasteiger charge is 2.20. The predicted octanol–water partition coefficient (Wildman–Crippen LogP) is 1.85. The van der Waals surface area contributed by atoms with Gasteiger partial charge in [-0.2, -0.15) is 0 Å². The number of hydrogen-bond donors (Lipinski definition) is 1. The normalized spacial score (nSPS) is 11.2. The van der Waals surface area contributed by atoms with E-state index in [-0.39, 0.29) is 17.1 Å². The summed E-state index contributed by atoms with van der Waals surface area (Å²) >= 11 is 0. The molecule has 0 atom stereocenters. The van der Waals surface area contributed by atoms with Crippen LogP contribution in [0.15, 0.2) is 12.1 Å². The summed E-state index contributed by atoms with van der Waals surface area (Å²) in [5, 5.41) is 16.6. The number of aromatic nitrogens is 3. The second-order valence-electron chi connectivity index (χ2n) is 3.72. The Bertz CT molecular complexity index is 562. The van der Waals surface area contributed by atoms with E-state index in [0.29, 0.717) is 5.52 Å². The first kappa shape index (κ1) is 10.5. The summed E-state index contributed by atoms with van der Waals surface area (Å²) in [5.74, 6) is -2.09. The summed E-state index contributed by atoms with van der Waals surface area (Å²) in [4.78, 5) is 11.0. The first-order valence-corrected chi connectivity index (χ1v) is 4.79. The zero-order chi connectivity index (χ0) is 11.9. The lowest BCUT2D eigenvalue weighted by molar-refractivity contribution is 0.0693. The van der Waals surface area contributed by atoms with Crippen LogP contribution in [-0.4, -0.2) is 26.1 Å². The minimum absolute atomic E-state index is 0.0788. The van der Waals surface area contributed by atoms with Crippen LogP contribution in [0.2, 0.25) is 0 Å². The predicted molar refractivity (Wildman–Crippen MR) is 54.8 cm³/mol. The number of fused-ring (bicyclic) bond motifs is 1. The number of benzene rings is 1. The Kier molecular flexibility index (Phi) is 2.34. The van der Waals surface area contributed by atoms with E-state index in [4.69, 9.17) is 5.11 Å². The van der Waals surface area contributed by atoms with Gasteiger partial charge in [0.2, 0.25) is 0 Å². The average Bonchev–Trinajstić information content (AvgIpc) is 2.60. The molecular formula is C10H10FN3O2. The summed E-state index contributed by atoms with van der Waals surface area (Å²) in [5.41, 5.74) is 0.228. The number of aromatic carboxylic acids is 1. The Hall–Kier alpha value is -1.98. The number of hydrogen-bond acceptors (Lipinski definition) is 3. The fraction of sp³-hybridized carbons (Fsp3) is 0.300. The van der Waals surface area contributed by atoms with Gasteiger partial charge in [0.1, 0.15) is 22.4 Å². The maximum atomic E-state index is 13.4. The smallest absolute Gasteiger partial charge is 0.340 e. The lowest BCUT2D eigenvalue weighted by Gasteiger charge is -2.07. The Morgan fingerprint density at radius 1 is 1.50 bits per heavy atom. The molecule has 84 valence electrons. The Morgan fingerprint density at radius 2 is 2.19 bits per heavy atom. The number of rotatable bonds is 2. The van der Waals surface area contributed by atoms with Gasteiger partial charge in [-0.15, -0.1) is 5.10 Å². The van der Waals surface area contributed by atoms with Crippen LogP contribution in [0.4, 0.5) is 4.39 Å². The second kappa shape index (κ2) is 3.55. The minimum atomic E-state index is -1.31. The van der Waals surface area contributed by atoms with Crippen LogP contribution in [0.1, 0.15) is 30.2 Å². The standard InChI is InChI=1S/C10H10FN3O2/c1-5(2)14-9-7(12-13-14)4-3-6(11)8(9)10(15)16/h3-5H,1-2H3,(H,15,16). The van der Waals surface area contributed by atoms with E-state index < -0.39 is 11.8 Å². The zero-order valence-electron chi connectivity index (χ0n) is 8.81. The highest BCUT2D eigenvalue weighted by Crippen LogP contribution is 2.22. The van der Waals surface area contributed by atoms with Crippen molar-refractivity contribution >= 4 is 17.0 Å². The molecule has 2 aromatic rings. The van der Waals surface area contributed by atoms with E-state index >= 15 is 0 Å². The van der Waals surface area contributed by atoms with Gasteiger partial charge >= 0.3 is 5.97 Å². The first-order valence-electron chi connectivity index (χ1n) is 4.79. The Morgan fingerprint density at radius 3 is 2.75 bits per heavy atom. The monoisotopic (exact) mass is 223 g/mol. The Labute approximate surface area is 90.5 Å². The number of carboxylic acids is 1. The van der Waals surface area contributed by atoms with Gasteiger partial charge in [0.25, 0.3) is 0 Å². The van der Waals surface area contributed by atoms with Crippen LogP contribution in [0, 0.1) is 5.82 Å². The van der Waals surface area contributed by atoms with Gasteiger partial charge in [-0.3, -0.25) is 0 Å². The molecule has 0 aliphatic rings. The second-order valence-corrected chi connectivity index (χ2v) is 3.72. The quantitative estimate of drug-likeness (QED) is 0.843. The van der Waals surface area contributed by atoms with E-state index in [9.17, 15) is 9.18 Å². The number of carbonyl (C=O) groups is 1. The van der Waals surface area contributed by atoms with Crippen molar-refractivity contribution in [1.82, 2.24) is 15.0 Å². The van der Waals surface area contributed by atoms with Crippen molar-refractivity contribution < 1.29 is 14.3 Å². The number of carboxylic acid groups (broad SMARTS) is 1. The number of halogens is 1. The SMILES string of the molecule is CC(C)n1nnc2ccc(F)c(C(=O)O)c21. The molecule has 0 spiro atoms. The van der Waals surface area contributed by atoms with E-state index in [1.165, 1.54) is 10.7 Å². The van der Waals surface area contributed by atoms with Crippen molar-refractivity contribution in [1.29, 1.82) is 0 Å². The van der Waals surface area contributed by atoms with E-state index in [1.54, 1.807) is 0 Å². The largest absolute Gasteiger partial charge is 0.478 e. The highest BCUT2D eigenvalue weighted by molar-refractivity contribution is 6.01. The van der Waals surface area contributed by atoms with E-state index in [0.717, 1.165) is 6.07 Å². The van der Waals surface area contributed by atoms with Crippen LogP contribution >= 0.6 is 0 Å². The van der Waals surface area contributed by atoms with Crippen LogP contribution < -0.4 is 0 Å². The molecule has 1 N–H and O–H groups in total. The molecule has 0 unspecified atom stereocenters. The molecular weight excluding hydrogens is 213 g/mol. The molecule has 0 aliphatic carbocycles. The molecule has 1 aromatic heterocycles. The fourth-order valence-corrected chi connectivity index (χ4v) is 1.57. The van der Waals surface area contributed by atoms with Crippen LogP contribution in [0.5, 0.6) is 0 Å². The van der Waals surface area contributed by atoms with Crippen molar-refractivity contribution in [3.63, 3.8) is 0 Å². The van der Waals surface area contributed by atoms with Crippen LogP contribution in [0.25, 0.3) is 11.0 Å². The van der Waals surface area contributed by atoms with Gasteiger partial charge in [0.05, 0.1) is 0 Å². The van der Waals surface area contributed by atoms with Crippen LogP contribution in [-0.2, 0) is 0 Å². The molecule has 0 fully saturated rings.